The molecule has 4 nitrogen and oxygen atoms in total. The maximum Gasteiger partial charge on any atom is 0.128 e. The van der Waals surface area contributed by atoms with Crippen LogP contribution in [-0.2, 0) is 11.3 Å². The summed E-state index contributed by atoms with van der Waals surface area (Å²) in [7, 11) is 0. The van der Waals surface area contributed by atoms with E-state index in [0.29, 0.717) is 6.61 Å². The Morgan fingerprint density at radius 1 is 1.11 bits per heavy atom. The Hall–Kier alpha value is -0.590. The first kappa shape index (κ1) is 13.8. The van der Waals surface area contributed by atoms with Gasteiger partial charge in [-0.25, -0.2) is 0 Å². The molecule has 1 aromatic carbocycles. The zero-order valence-corrected chi connectivity index (χ0v) is 11.0. The molecule has 1 aliphatic heterocycles. The highest BCUT2D eigenvalue weighted by molar-refractivity contribution is 8.00. The van der Waals surface area contributed by atoms with Crippen molar-refractivity contribution in [1.82, 2.24) is 0 Å². The first-order chi connectivity index (χ1) is 8.59. The van der Waals surface area contributed by atoms with E-state index in [1.807, 2.05) is 37.3 Å². The number of hydrogen-bond donors (Lipinski definition) is 3. The second kappa shape index (κ2) is 6.04. The van der Waals surface area contributed by atoms with E-state index in [4.69, 9.17) is 4.74 Å². The summed E-state index contributed by atoms with van der Waals surface area (Å²) in [5.74, 6) is 0. The lowest BCUT2D eigenvalue weighted by Gasteiger charge is -2.38. The van der Waals surface area contributed by atoms with Gasteiger partial charge in [0.2, 0.25) is 0 Å². The van der Waals surface area contributed by atoms with Gasteiger partial charge in [-0.05, 0) is 5.56 Å². The average molecular weight is 270 g/mol. The van der Waals surface area contributed by atoms with Crippen LogP contribution in [0.15, 0.2) is 30.3 Å². The summed E-state index contributed by atoms with van der Waals surface area (Å²) in [5.41, 5.74) is 0.0569. The second-order valence-corrected chi connectivity index (χ2v) is 5.97. The molecule has 0 radical (unpaired) electrons. The summed E-state index contributed by atoms with van der Waals surface area (Å²) >= 11 is 1.16. The first-order valence-corrected chi connectivity index (χ1v) is 6.89. The summed E-state index contributed by atoms with van der Waals surface area (Å²) in [6.45, 7) is 2.12. The molecule has 1 aliphatic rings. The molecule has 0 saturated carbocycles. The quantitative estimate of drug-likeness (QED) is 0.756. The van der Waals surface area contributed by atoms with Crippen LogP contribution in [0.5, 0.6) is 0 Å². The Balaban J connectivity index is 1.98. The predicted octanol–water partition coefficient (Wildman–Crippen LogP) is 0.747. The van der Waals surface area contributed by atoms with Gasteiger partial charge in [0.05, 0.1) is 12.7 Å². The molecule has 0 aromatic heterocycles. The number of thioether (sulfide) groups is 1. The highest BCUT2D eigenvalue weighted by Crippen LogP contribution is 2.32. The van der Waals surface area contributed by atoms with Crippen LogP contribution >= 0.6 is 11.8 Å². The van der Waals surface area contributed by atoms with Crippen LogP contribution < -0.4 is 0 Å². The van der Waals surface area contributed by atoms with Crippen molar-refractivity contribution >= 4 is 11.8 Å². The maximum absolute atomic E-state index is 9.99. The molecule has 5 heteroatoms. The van der Waals surface area contributed by atoms with Gasteiger partial charge in [-0.1, -0.05) is 37.3 Å². The van der Waals surface area contributed by atoms with E-state index >= 15 is 0 Å². The molecular formula is C13H18O4S. The van der Waals surface area contributed by atoms with Gasteiger partial charge in [-0.2, -0.15) is 0 Å². The number of hydrogen-bond acceptors (Lipinski definition) is 5. The lowest BCUT2D eigenvalue weighted by atomic mass is 10.0. The fourth-order valence-corrected chi connectivity index (χ4v) is 3.05. The minimum atomic E-state index is -1.06. The molecule has 1 fully saturated rings. The molecule has 1 heterocycles. The van der Waals surface area contributed by atoms with E-state index in [2.05, 4.69) is 0 Å². The van der Waals surface area contributed by atoms with Gasteiger partial charge in [0.25, 0.3) is 0 Å². The molecule has 0 unspecified atom stereocenters. The summed E-state index contributed by atoms with van der Waals surface area (Å²) < 4.78 is 5.56. The lowest BCUT2D eigenvalue weighted by Crippen LogP contribution is -2.53. The molecular weight excluding hydrogens is 252 g/mol. The van der Waals surface area contributed by atoms with E-state index in [1.54, 1.807) is 0 Å². The monoisotopic (exact) mass is 270 g/mol. The summed E-state index contributed by atoms with van der Waals surface area (Å²) in [6, 6.07) is 9.54. The second-order valence-electron chi connectivity index (χ2n) is 4.47. The molecule has 1 saturated heterocycles. The molecule has 18 heavy (non-hydrogen) atoms. The van der Waals surface area contributed by atoms with Gasteiger partial charge in [0, 0.05) is 5.25 Å². The Labute approximate surface area is 111 Å². The number of benzene rings is 1. The SMILES string of the molecule is C[C@@H]1S[C@@H](O)[C@H](O)[C@@H](OCc2ccccc2)[C@@H]1O. The van der Waals surface area contributed by atoms with Crippen molar-refractivity contribution in [3.8, 4) is 0 Å². The molecule has 100 valence electrons. The van der Waals surface area contributed by atoms with Crippen molar-refractivity contribution < 1.29 is 20.1 Å². The number of rotatable bonds is 3. The van der Waals surface area contributed by atoms with E-state index in [-0.39, 0.29) is 5.25 Å². The van der Waals surface area contributed by atoms with Gasteiger partial charge in [-0.15, -0.1) is 11.8 Å². The van der Waals surface area contributed by atoms with Gasteiger partial charge in [0.15, 0.2) is 0 Å². The fourth-order valence-electron chi connectivity index (χ4n) is 1.98. The first-order valence-electron chi connectivity index (χ1n) is 5.95. The zero-order valence-electron chi connectivity index (χ0n) is 10.1. The molecule has 0 spiro atoms. The van der Waals surface area contributed by atoms with E-state index < -0.39 is 23.7 Å². The highest BCUT2D eigenvalue weighted by atomic mass is 32.2. The molecule has 0 bridgehead atoms. The third kappa shape index (κ3) is 3.05. The summed E-state index contributed by atoms with van der Waals surface area (Å²) in [4.78, 5) is 0. The highest BCUT2D eigenvalue weighted by Gasteiger charge is 2.42. The Morgan fingerprint density at radius 2 is 1.78 bits per heavy atom. The van der Waals surface area contributed by atoms with Gasteiger partial charge in [-0.3, -0.25) is 0 Å². The van der Waals surface area contributed by atoms with Crippen LogP contribution in [0.25, 0.3) is 0 Å². The van der Waals surface area contributed by atoms with Crippen LogP contribution in [0.1, 0.15) is 12.5 Å². The Kier molecular flexibility index (Phi) is 4.64. The molecule has 5 atom stereocenters. The Morgan fingerprint density at radius 3 is 2.44 bits per heavy atom. The molecule has 3 N–H and O–H groups in total. The Bertz CT molecular complexity index is 359. The van der Waals surface area contributed by atoms with Crippen LogP contribution in [0.2, 0.25) is 0 Å². The minimum Gasteiger partial charge on any atom is -0.389 e. The largest absolute Gasteiger partial charge is 0.389 e. The topological polar surface area (TPSA) is 69.9 Å². The summed E-state index contributed by atoms with van der Waals surface area (Å²) in [6.07, 6.45) is -2.60. The average Bonchev–Trinajstić information content (AvgIpc) is 2.38. The fraction of sp³-hybridized carbons (Fsp3) is 0.538. The third-order valence-corrected chi connectivity index (χ3v) is 4.35. The van der Waals surface area contributed by atoms with Gasteiger partial charge >= 0.3 is 0 Å². The third-order valence-electron chi connectivity index (χ3n) is 3.09. The van der Waals surface area contributed by atoms with Crippen molar-refractivity contribution in [2.45, 2.75) is 42.5 Å². The molecule has 2 rings (SSSR count). The van der Waals surface area contributed by atoms with Gasteiger partial charge in [0.1, 0.15) is 17.6 Å². The number of ether oxygens (including phenoxy) is 1. The van der Waals surface area contributed by atoms with Crippen molar-refractivity contribution in [3.63, 3.8) is 0 Å². The van der Waals surface area contributed by atoms with Gasteiger partial charge < -0.3 is 20.1 Å². The molecule has 0 amide bonds. The minimum absolute atomic E-state index is 0.163. The summed E-state index contributed by atoms with van der Waals surface area (Å²) in [5, 5.41) is 29.3. The van der Waals surface area contributed by atoms with Crippen molar-refractivity contribution in [1.29, 1.82) is 0 Å². The predicted molar refractivity (Wildman–Crippen MR) is 70.1 cm³/mol. The maximum atomic E-state index is 9.99. The van der Waals surface area contributed by atoms with Crippen LogP contribution in [0.3, 0.4) is 0 Å². The van der Waals surface area contributed by atoms with E-state index in [0.717, 1.165) is 17.3 Å². The number of aliphatic hydroxyl groups is 3. The smallest absolute Gasteiger partial charge is 0.128 e. The lowest BCUT2D eigenvalue weighted by molar-refractivity contribution is -0.129. The van der Waals surface area contributed by atoms with E-state index in [9.17, 15) is 15.3 Å². The van der Waals surface area contributed by atoms with Crippen LogP contribution in [0, 0.1) is 0 Å². The molecule has 0 aliphatic carbocycles. The standard InChI is InChI=1S/C13H18O4S/c1-8-10(14)12(11(15)13(16)18-8)17-7-9-5-3-2-4-6-9/h2-6,8,10-16H,7H2,1H3/t8-,10+,11+,12-,13+/m0/s1. The van der Waals surface area contributed by atoms with Crippen molar-refractivity contribution in [3.05, 3.63) is 35.9 Å². The number of aliphatic hydroxyl groups excluding tert-OH is 3. The zero-order chi connectivity index (χ0) is 13.1. The van der Waals surface area contributed by atoms with Crippen LogP contribution in [0.4, 0.5) is 0 Å². The normalized spacial score (nSPS) is 36.6. The van der Waals surface area contributed by atoms with E-state index in [1.165, 1.54) is 0 Å². The van der Waals surface area contributed by atoms with Crippen molar-refractivity contribution in [2.24, 2.45) is 0 Å². The van der Waals surface area contributed by atoms with Crippen LogP contribution in [-0.4, -0.2) is 44.3 Å². The molecule has 1 aromatic rings. The van der Waals surface area contributed by atoms with Crippen molar-refractivity contribution in [2.75, 3.05) is 0 Å².